The summed E-state index contributed by atoms with van der Waals surface area (Å²) in [7, 11) is 0. The molecule has 90 valence electrons. The molecule has 0 amide bonds. The van der Waals surface area contributed by atoms with Crippen LogP contribution in [0.2, 0.25) is 0 Å². The van der Waals surface area contributed by atoms with Gasteiger partial charge in [-0.1, -0.05) is 12.2 Å². The van der Waals surface area contributed by atoms with Crippen molar-refractivity contribution in [2.24, 2.45) is 11.1 Å². The summed E-state index contributed by atoms with van der Waals surface area (Å²) >= 11 is 0. The molecule has 1 rings (SSSR count). The average molecular weight is 227 g/mol. The third-order valence-corrected chi connectivity index (χ3v) is 2.33. The molecule has 0 aliphatic heterocycles. The molecule has 1 aliphatic carbocycles. The Morgan fingerprint density at radius 2 is 2.06 bits per heavy atom. The molecule has 0 fully saturated rings. The van der Waals surface area contributed by atoms with Gasteiger partial charge in [-0.05, 0) is 27.2 Å². The molecular formula is C11H17NO4. The number of aliphatic carboxylic acids is 1. The molecule has 0 saturated heterocycles. The number of carbonyl (C=O) groups excluding carboxylic acids is 1. The van der Waals surface area contributed by atoms with E-state index in [-0.39, 0.29) is 6.42 Å². The highest BCUT2D eigenvalue weighted by molar-refractivity contribution is 6.02. The fraction of sp³-hybridized carbons (Fsp3) is 0.636. The molecule has 0 aromatic heterocycles. The van der Waals surface area contributed by atoms with Crippen molar-refractivity contribution in [3.8, 4) is 0 Å². The van der Waals surface area contributed by atoms with Gasteiger partial charge in [-0.25, -0.2) is 0 Å². The quantitative estimate of drug-likeness (QED) is 0.411. The van der Waals surface area contributed by atoms with Gasteiger partial charge in [0.25, 0.3) is 0 Å². The van der Waals surface area contributed by atoms with Gasteiger partial charge in [0.2, 0.25) is 0 Å². The molecule has 0 unspecified atom stereocenters. The highest BCUT2D eigenvalue weighted by Crippen LogP contribution is 2.34. The number of ether oxygens (including phenoxy) is 1. The SMILES string of the molecule is CC(C)(C)OC(=O)[C@]1(C(=O)O)C=C[C@H](N)C1. The Balaban J connectivity index is 2.93. The lowest BCUT2D eigenvalue weighted by molar-refractivity contribution is -0.173. The third kappa shape index (κ3) is 2.41. The molecule has 5 heteroatoms. The number of carboxylic acid groups (broad SMARTS) is 1. The second-order valence-corrected chi connectivity index (χ2v) is 5.01. The molecule has 1 aliphatic rings. The summed E-state index contributed by atoms with van der Waals surface area (Å²) in [4.78, 5) is 23.0. The maximum atomic E-state index is 11.9. The van der Waals surface area contributed by atoms with Crippen LogP contribution in [0.5, 0.6) is 0 Å². The van der Waals surface area contributed by atoms with E-state index in [1.807, 2.05) is 0 Å². The van der Waals surface area contributed by atoms with Crippen molar-refractivity contribution in [3.05, 3.63) is 12.2 Å². The Morgan fingerprint density at radius 1 is 1.50 bits per heavy atom. The second-order valence-electron chi connectivity index (χ2n) is 5.01. The number of hydrogen-bond acceptors (Lipinski definition) is 4. The number of nitrogens with two attached hydrogens (primary N) is 1. The first-order chi connectivity index (χ1) is 7.17. The van der Waals surface area contributed by atoms with Crippen LogP contribution in [0.15, 0.2) is 12.2 Å². The van der Waals surface area contributed by atoms with E-state index in [0.29, 0.717) is 0 Å². The summed E-state index contributed by atoms with van der Waals surface area (Å²) in [5.41, 5.74) is 3.27. The van der Waals surface area contributed by atoms with Crippen LogP contribution in [0.4, 0.5) is 0 Å². The first-order valence-electron chi connectivity index (χ1n) is 5.09. The summed E-state index contributed by atoms with van der Waals surface area (Å²) in [5, 5.41) is 9.14. The van der Waals surface area contributed by atoms with Gasteiger partial charge in [-0.15, -0.1) is 0 Å². The molecule has 3 N–H and O–H groups in total. The van der Waals surface area contributed by atoms with Crippen LogP contribution in [-0.2, 0) is 14.3 Å². The minimum Gasteiger partial charge on any atom is -0.480 e. The molecule has 0 bridgehead atoms. The van der Waals surface area contributed by atoms with Gasteiger partial charge in [0.1, 0.15) is 5.60 Å². The van der Waals surface area contributed by atoms with E-state index in [1.165, 1.54) is 12.2 Å². The zero-order valence-corrected chi connectivity index (χ0v) is 9.69. The van der Waals surface area contributed by atoms with Crippen LogP contribution >= 0.6 is 0 Å². The molecule has 0 aromatic carbocycles. The Labute approximate surface area is 94.3 Å². The number of carboxylic acids is 1. The van der Waals surface area contributed by atoms with E-state index >= 15 is 0 Å². The smallest absolute Gasteiger partial charge is 0.328 e. The van der Waals surface area contributed by atoms with Crippen molar-refractivity contribution in [1.82, 2.24) is 0 Å². The van der Waals surface area contributed by atoms with E-state index in [1.54, 1.807) is 20.8 Å². The van der Waals surface area contributed by atoms with Gasteiger partial charge in [-0.2, -0.15) is 0 Å². The molecule has 16 heavy (non-hydrogen) atoms. The largest absolute Gasteiger partial charge is 0.480 e. The zero-order chi connectivity index (χ0) is 12.6. The van der Waals surface area contributed by atoms with E-state index in [2.05, 4.69) is 0 Å². The van der Waals surface area contributed by atoms with Gasteiger partial charge in [0.15, 0.2) is 5.41 Å². The van der Waals surface area contributed by atoms with Crippen LogP contribution in [0.1, 0.15) is 27.2 Å². The first-order valence-corrected chi connectivity index (χ1v) is 5.09. The van der Waals surface area contributed by atoms with Crippen molar-refractivity contribution in [2.75, 3.05) is 0 Å². The van der Waals surface area contributed by atoms with Gasteiger partial charge < -0.3 is 15.6 Å². The molecular weight excluding hydrogens is 210 g/mol. The Bertz CT molecular complexity index is 342. The van der Waals surface area contributed by atoms with Crippen LogP contribution in [-0.4, -0.2) is 28.7 Å². The molecule has 5 nitrogen and oxygen atoms in total. The van der Waals surface area contributed by atoms with Crippen molar-refractivity contribution in [3.63, 3.8) is 0 Å². The number of rotatable bonds is 2. The van der Waals surface area contributed by atoms with Gasteiger partial charge in [0.05, 0.1) is 0 Å². The highest BCUT2D eigenvalue weighted by Gasteiger charge is 2.50. The third-order valence-electron chi connectivity index (χ3n) is 2.33. The fourth-order valence-electron chi connectivity index (χ4n) is 1.56. The molecule has 0 aromatic rings. The summed E-state index contributed by atoms with van der Waals surface area (Å²) < 4.78 is 5.11. The number of hydrogen-bond donors (Lipinski definition) is 2. The zero-order valence-electron chi connectivity index (χ0n) is 9.69. The van der Waals surface area contributed by atoms with Crippen LogP contribution in [0.3, 0.4) is 0 Å². The predicted molar refractivity (Wildman–Crippen MR) is 57.6 cm³/mol. The standard InChI is InChI=1S/C11H17NO4/c1-10(2,3)16-9(15)11(8(13)14)5-4-7(12)6-11/h4-5,7H,6,12H2,1-3H3,(H,13,14)/t7-,11+/m0/s1. The molecule has 0 heterocycles. The predicted octanol–water partition coefficient (Wildman–Crippen LogP) is 0.686. The van der Waals surface area contributed by atoms with Crippen LogP contribution < -0.4 is 5.73 Å². The van der Waals surface area contributed by atoms with Gasteiger partial charge in [-0.3, -0.25) is 9.59 Å². The van der Waals surface area contributed by atoms with Crippen molar-refractivity contribution < 1.29 is 19.4 Å². The summed E-state index contributed by atoms with van der Waals surface area (Å²) in [6.45, 7) is 5.08. The van der Waals surface area contributed by atoms with Crippen molar-refractivity contribution >= 4 is 11.9 Å². The van der Waals surface area contributed by atoms with Crippen LogP contribution in [0.25, 0.3) is 0 Å². The molecule has 0 radical (unpaired) electrons. The molecule has 0 saturated carbocycles. The Hall–Kier alpha value is -1.36. The van der Waals surface area contributed by atoms with Crippen LogP contribution in [0, 0.1) is 5.41 Å². The monoisotopic (exact) mass is 227 g/mol. The minimum atomic E-state index is -1.62. The normalized spacial score (nSPS) is 29.1. The van der Waals surface area contributed by atoms with Gasteiger partial charge in [0, 0.05) is 6.04 Å². The molecule has 0 spiro atoms. The van der Waals surface area contributed by atoms with Crippen molar-refractivity contribution in [1.29, 1.82) is 0 Å². The maximum Gasteiger partial charge on any atom is 0.328 e. The van der Waals surface area contributed by atoms with E-state index in [0.717, 1.165) is 0 Å². The first kappa shape index (κ1) is 12.7. The Kier molecular flexibility index (Phi) is 3.10. The number of esters is 1. The lowest BCUT2D eigenvalue weighted by Crippen LogP contribution is -2.42. The lowest BCUT2D eigenvalue weighted by Gasteiger charge is -2.27. The lowest BCUT2D eigenvalue weighted by atomic mass is 9.87. The second kappa shape index (κ2) is 3.90. The van der Waals surface area contributed by atoms with E-state index in [4.69, 9.17) is 15.6 Å². The van der Waals surface area contributed by atoms with Crippen molar-refractivity contribution in [2.45, 2.75) is 38.8 Å². The fourth-order valence-corrected chi connectivity index (χ4v) is 1.56. The maximum absolute atomic E-state index is 11.9. The Morgan fingerprint density at radius 3 is 2.38 bits per heavy atom. The number of carbonyl (C=O) groups is 2. The average Bonchev–Trinajstić information content (AvgIpc) is 2.45. The van der Waals surface area contributed by atoms with Gasteiger partial charge >= 0.3 is 11.9 Å². The summed E-state index contributed by atoms with van der Waals surface area (Å²) in [5.74, 6) is -1.97. The summed E-state index contributed by atoms with van der Waals surface area (Å²) in [6.07, 6.45) is 2.91. The van der Waals surface area contributed by atoms with E-state index < -0.39 is 29.0 Å². The minimum absolute atomic E-state index is 0.0528. The molecule has 2 atom stereocenters. The summed E-state index contributed by atoms with van der Waals surface area (Å²) in [6, 6.07) is -0.413. The van der Waals surface area contributed by atoms with E-state index in [9.17, 15) is 9.59 Å². The topological polar surface area (TPSA) is 89.6 Å². The highest BCUT2D eigenvalue weighted by atomic mass is 16.6.